The van der Waals surface area contributed by atoms with E-state index in [0.717, 1.165) is 19.3 Å². The summed E-state index contributed by atoms with van der Waals surface area (Å²) >= 11 is 0. The van der Waals surface area contributed by atoms with Gasteiger partial charge in [-0.3, -0.25) is 4.79 Å². The molecule has 1 saturated heterocycles. The van der Waals surface area contributed by atoms with Crippen LogP contribution >= 0.6 is 0 Å². The number of carbonyl (C=O) groups excluding carboxylic acids is 2. The van der Waals surface area contributed by atoms with Crippen LogP contribution in [-0.4, -0.2) is 64.8 Å². The Morgan fingerprint density at radius 3 is 2.29 bits per heavy atom. The van der Waals surface area contributed by atoms with E-state index >= 15 is 0 Å². The zero-order chi connectivity index (χ0) is 15.8. The SMILES string of the molecule is CC(NC(=O)NC(CCO)C(=O)O)C(=O)N1CCCCC1. The number of aliphatic hydroxyl groups excluding tert-OH is 1. The number of aliphatic hydroxyl groups is 1. The number of hydrogen-bond donors (Lipinski definition) is 4. The lowest BCUT2D eigenvalue weighted by Crippen LogP contribution is -2.53. The second-order valence-corrected chi connectivity index (χ2v) is 5.13. The first kappa shape index (κ1) is 17.2. The molecule has 8 nitrogen and oxygen atoms in total. The molecule has 1 fully saturated rings. The molecule has 3 amide bonds. The van der Waals surface area contributed by atoms with Gasteiger partial charge in [0.05, 0.1) is 0 Å². The van der Waals surface area contributed by atoms with Crippen molar-refractivity contribution in [3.8, 4) is 0 Å². The molecule has 0 aliphatic carbocycles. The topological polar surface area (TPSA) is 119 Å². The van der Waals surface area contributed by atoms with E-state index in [2.05, 4.69) is 10.6 Å². The number of nitrogens with zero attached hydrogens (tertiary/aromatic N) is 1. The highest BCUT2D eigenvalue weighted by atomic mass is 16.4. The van der Waals surface area contributed by atoms with Crippen LogP contribution in [0.15, 0.2) is 0 Å². The molecular weight excluding hydrogens is 278 g/mol. The molecule has 0 aromatic heterocycles. The van der Waals surface area contributed by atoms with Gasteiger partial charge in [0, 0.05) is 26.1 Å². The number of carbonyl (C=O) groups is 3. The van der Waals surface area contributed by atoms with Gasteiger partial charge in [0.2, 0.25) is 5.91 Å². The molecule has 0 radical (unpaired) electrons. The van der Waals surface area contributed by atoms with E-state index < -0.39 is 24.1 Å². The van der Waals surface area contributed by atoms with E-state index in [4.69, 9.17) is 10.2 Å². The Bertz CT molecular complexity index is 382. The van der Waals surface area contributed by atoms with E-state index in [1.54, 1.807) is 11.8 Å². The maximum absolute atomic E-state index is 12.1. The lowest BCUT2D eigenvalue weighted by molar-refractivity contribution is -0.139. The van der Waals surface area contributed by atoms with Crippen molar-refractivity contribution >= 4 is 17.9 Å². The van der Waals surface area contributed by atoms with Crippen LogP contribution in [-0.2, 0) is 9.59 Å². The standard InChI is InChI=1S/C13H23N3O5/c1-9(11(18)16-6-3-2-4-7-16)14-13(21)15-10(5-8-17)12(19)20/h9-10,17H,2-8H2,1H3,(H,19,20)(H2,14,15,21). The summed E-state index contributed by atoms with van der Waals surface area (Å²) in [6.07, 6.45) is 2.94. The van der Waals surface area contributed by atoms with Gasteiger partial charge in [0.25, 0.3) is 0 Å². The van der Waals surface area contributed by atoms with Gasteiger partial charge < -0.3 is 25.7 Å². The lowest BCUT2D eigenvalue weighted by atomic mass is 10.1. The third-order valence-electron chi connectivity index (χ3n) is 3.41. The third-order valence-corrected chi connectivity index (χ3v) is 3.41. The molecule has 2 unspecified atom stereocenters. The Kier molecular flexibility index (Phi) is 6.93. The van der Waals surface area contributed by atoms with E-state index in [1.165, 1.54) is 0 Å². The molecule has 0 saturated carbocycles. The fourth-order valence-electron chi connectivity index (χ4n) is 2.23. The maximum atomic E-state index is 12.1. The van der Waals surface area contributed by atoms with Gasteiger partial charge in [-0.1, -0.05) is 0 Å². The molecule has 0 bridgehead atoms. The Labute approximate surface area is 123 Å². The Morgan fingerprint density at radius 2 is 1.76 bits per heavy atom. The zero-order valence-electron chi connectivity index (χ0n) is 12.2. The van der Waals surface area contributed by atoms with Gasteiger partial charge in [-0.15, -0.1) is 0 Å². The van der Waals surface area contributed by atoms with Crippen molar-refractivity contribution < 1.29 is 24.6 Å². The largest absolute Gasteiger partial charge is 0.480 e. The van der Waals surface area contributed by atoms with Crippen LogP contribution in [0.2, 0.25) is 0 Å². The van der Waals surface area contributed by atoms with Crippen LogP contribution in [0.1, 0.15) is 32.6 Å². The number of likely N-dealkylation sites (tertiary alicyclic amines) is 1. The van der Waals surface area contributed by atoms with Crippen molar-refractivity contribution in [2.45, 2.75) is 44.7 Å². The monoisotopic (exact) mass is 301 g/mol. The highest BCUT2D eigenvalue weighted by Crippen LogP contribution is 2.09. The van der Waals surface area contributed by atoms with Gasteiger partial charge in [-0.05, 0) is 26.2 Å². The smallest absolute Gasteiger partial charge is 0.326 e. The summed E-state index contributed by atoms with van der Waals surface area (Å²) in [5.74, 6) is -1.40. The molecule has 4 N–H and O–H groups in total. The summed E-state index contributed by atoms with van der Waals surface area (Å²) in [4.78, 5) is 36.4. The summed E-state index contributed by atoms with van der Waals surface area (Å²) in [5.41, 5.74) is 0. The minimum atomic E-state index is -1.23. The molecule has 0 aromatic rings. The number of amides is 3. The van der Waals surface area contributed by atoms with E-state index in [-0.39, 0.29) is 18.9 Å². The molecule has 1 aliphatic heterocycles. The van der Waals surface area contributed by atoms with Crippen molar-refractivity contribution in [3.05, 3.63) is 0 Å². The Morgan fingerprint density at radius 1 is 1.14 bits per heavy atom. The van der Waals surface area contributed by atoms with Crippen molar-refractivity contribution in [2.75, 3.05) is 19.7 Å². The quantitative estimate of drug-likeness (QED) is 0.528. The van der Waals surface area contributed by atoms with Crippen LogP contribution in [0, 0.1) is 0 Å². The highest BCUT2D eigenvalue weighted by Gasteiger charge is 2.25. The molecule has 120 valence electrons. The van der Waals surface area contributed by atoms with Crippen molar-refractivity contribution in [2.24, 2.45) is 0 Å². The number of hydrogen-bond acceptors (Lipinski definition) is 4. The molecular formula is C13H23N3O5. The zero-order valence-corrected chi connectivity index (χ0v) is 12.2. The van der Waals surface area contributed by atoms with Crippen LogP contribution < -0.4 is 10.6 Å². The molecule has 0 spiro atoms. The van der Waals surface area contributed by atoms with Crippen molar-refractivity contribution in [1.82, 2.24) is 15.5 Å². The highest BCUT2D eigenvalue weighted by molar-refractivity contribution is 5.88. The number of aliphatic carboxylic acids is 1. The predicted octanol–water partition coefficient (Wildman–Crippen LogP) is -0.478. The lowest BCUT2D eigenvalue weighted by Gasteiger charge is -2.29. The van der Waals surface area contributed by atoms with Crippen molar-refractivity contribution in [3.63, 3.8) is 0 Å². The minimum Gasteiger partial charge on any atom is -0.480 e. The summed E-state index contributed by atoms with van der Waals surface area (Å²) in [7, 11) is 0. The van der Waals surface area contributed by atoms with Gasteiger partial charge in [0.15, 0.2) is 0 Å². The number of piperidine rings is 1. The van der Waals surface area contributed by atoms with Gasteiger partial charge in [0.1, 0.15) is 12.1 Å². The molecule has 0 aromatic carbocycles. The molecule has 1 heterocycles. The summed E-state index contributed by atoms with van der Waals surface area (Å²) < 4.78 is 0. The molecule has 8 heteroatoms. The van der Waals surface area contributed by atoms with E-state index in [1.807, 2.05) is 0 Å². The fraction of sp³-hybridized carbons (Fsp3) is 0.769. The number of urea groups is 1. The average molecular weight is 301 g/mol. The maximum Gasteiger partial charge on any atom is 0.326 e. The fourth-order valence-corrected chi connectivity index (χ4v) is 2.23. The van der Waals surface area contributed by atoms with Gasteiger partial charge >= 0.3 is 12.0 Å². The van der Waals surface area contributed by atoms with Gasteiger partial charge in [-0.2, -0.15) is 0 Å². The van der Waals surface area contributed by atoms with E-state index in [0.29, 0.717) is 13.1 Å². The van der Waals surface area contributed by atoms with Crippen LogP contribution in [0.3, 0.4) is 0 Å². The second kappa shape index (κ2) is 8.46. The number of nitrogens with one attached hydrogen (secondary N) is 2. The summed E-state index contributed by atoms with van der Waals surface area (Å²) in [6, 6.07) is -2.62. The Hall–Kier alpha value is -1.83. The first-order chi connectivity index (χ1) is 9.95. The first-order valence-corrected chi connectivity index (χ1v) is 7.15. The number of carboxylic acid groups (broad SMARTS) is 1. The second-order valence-electron chi connectivity index (χ2n) is 5.13. The molecule has 1 rings (SSSR count). The normalized spacial score (nSPS) is 17.7. The minimum absolute atomic E-state index is 0.0861. The Balaban J connectivity index is 2.45. The van der Waals surface area contributed by atoms with Crippen LogP contribution in [0.4, 0.5) is 4.79 Å². The average Bonchev–Trinajstić information content (AvgIpc) is 2.46. The third kappa shape index (κ3) is 5.58. The van der Waals surface area contributed by atoms with Crippen LogP contribution in [0.25, 0.3) is 0 Å². The number of rotatable bonds is 6. The van der Waals surface area contributed by atoms with Crippen molar-refractivity contribution in [1.29, 1.82) is 0 Å². The predicted molar refractivity (Wildman–Crippen MR) is 74.7 cm³/mol. The molecule has 21 heavy (non-hydrogen) atoms. The summed E-state index contributed by atoms with van der Waals surface area (Å²) in [6.45, 7) is 2.60. The first-order valence-electron chi connectivity index (χ1n) is 7.15. The van der Waals surface area contributed by atoms with E-state index in [9.17, 15) is 14.4 Å². The number of carboxylic acids is 1. The summed E-state index contributed by atoms with van der Waals surface area (Å²) in [5, 5.41) is 22.3. The molecule has 2 atom stereocenters. The van der Waals surface area contributed by atoms with Crippen LogP contribution in [0.5, 0.6) is 0 Å². The molecule has 1 aliphatic rings. The van der Waals surface area contributed by atoms with Gasteiger partial charge in [-0.25, -0.2) is 9.59 Å².